The number of pyridine rings is 1. The first kappa shape index (κ1) is 24.2. The fraction of sp³-hybridized carbons (Fsp3) is 0.500. The molecule has 3 aliphatic heterocycles. The number of nitrogens with one attached hydrogen (secondary N) is 3. The van der Waals surface area contributed by atoms with Gasteiger partial charge in [-0.2, -0.15) is 0 Å². The Kier molecular flexibility index (Phi) is 6.61. The second-order valence-electron chi connectivity index (χ2n) is 10.0. The Balaban J connectivity index is 1.23. The third-order valence-electron chi connectivity index (χ3n) is 7.15. The fourth-order valence-corrected chi connectivity index (χ4v) is 5.10. The van der Waals surface area contributed by atoms with Gasteiger partial charge in [-0.1, -0.05) is 18.2 Å². The van der Waals surface area contributed by atoms with E-state index >= 15 is 0 Å². The zero-order valence-corrected chi connectivity index (χ0v) is 20.5. The van der Waals surface area contributed by atoms with Gasteiger partial charge in [-0.05, 0) is 42.5 Å². The molecule has 1 aromatic rings. The Morgan fingerprint density at radius 1 is 1.28 bits per heavy atom. The Labute approximate surface area is 210 Å². The first-order chi connectivity index (χ1) is 17.3. The summed E-state index contributed by atoms with van der Waals surface area (Å²) in [5, 5.41) is 19.7. The predicted octanol–water partition coefficient (Wildman–Crippen LogP) is 2.79. The largest absolute Gasteiger partial charge is 0.444 e. The summed E-state index contributed by atoms with van der Waals surface area (Å²) in [4.78, 5) is 33.6. The van der Waals surface area contributed by atoms with Gasteiger partial charge in [-0.15, -0.1) is 0 Å². The van der Waals surface area contributed by atoms with E-state index in [1.807, 2.05) is 25.2 Å². The molecule has 3 N–H and O–H groups in total. The van der Waals surface area contributed by atoms with Crippen LogP contribution in [0.4, 0.5) is 4.79 Å². The Morgan fingerprint density at radius 3 is 2.89 bits per heavy atom. The standard InChI is InChI=1S/C26H32N6O4/c1-26(8-2-4-17(13-26)23(28)32-9-3-5-22(32)27)30-24(33)21-12-19-15-31(10-6-18(19)14-29-21)25(34)36-20-7-11-35-16-20/h2,4,8,12,14,20,27-28H,3,5-7,9-11,13,15-16H2,1H3,(H,30,33). The minimum absolute atomic E-state index is 0.196. The molecular formula is C26H32N6O4. The average Bonchev–Trinajstić information content (AvgIpc) is 3.54. The third-order valence-corrected chi connectivity index (χ3v) is 7.15. The van der Waals surface area contributed by atoms with Crippen molar-refractivity contribution < 1.29 is 19.1 Å². The second kappa shape index (κ2) is 9.85. The molecule has 0 radical (unpaired) electrons. The van der Waals surface area contributed by atoms with Crippen LogP contribution in [0.1, 0.15) is 54.2 Å². The highest BCUT2D eigenvalue weighted by Crippen LogP contribution is 2.27. The van der Waals surface area contributed by atoms with Crippen LogP contribution < -0.4 is 5.32 Å². The summed E-state index contributed by atoms with van der Waals surface area (Å²) < 4.78 is 10.8. The summed E-state index contributed by atoms with van der Waals surface area (Å²) in [7, 11) is 0. The highest BCUT2D eigenvalue weighted by Gasteiger charge is 2.32. The van der Waals surface area contributed by atoms with Crippen molar-refractivity contribution in [3.05, 3.63) is 52.9 Å². The van der Waals surface area contributed by atoms with Crippen LogP contribution in [0.25, 0.3) is 0 Å². The lowest BCUT2D eigenvalue weighted by Gasteiger charge is -2.33. The molecule has 0 aromatic carbocycles. The number of likely N-dealkylation sites (tertiary alicyclic amines) is 1. The van der Waals surface area contributed by atoms with Gasteiger partial charge in [-0.3, -0.25) is 20.6 Å². The summed E-state index contributed by atoms with van der Waals surface area (Å²) in [5.41, 5.74) is 2.30. The maximum atomic E-state index is 13.2. The number of carbonyl (C=O) groups excluding carboxylic acids is 2. The SMILES string of the molecule is CC1(NC(=O)c2cc3c(cn2)CCN(C(=O)OC2CCOC2)C3)C=CC=C(C(=N)N2CCCC2=N)C1. The highest BCUT2D eigenvalue weighted by atomic mass is 16.6. The quantitative estimate of drug-likeness (QED) is 0.437. The van der Waals surface area contributed by atoms with Crippen molar-refractivity contribution in [1.29, 1.82) is 10.8 Å². The average molecular weight is 493 g/mol. The van der Waals surface area contributed by atoms with Gasteiger partial charge < -0.3 is 24.6 Å². The van der Waals surface area contributed by atoms with Crippen molar-refractivity contribution >= 4 is 23.7 Å². The highest BCUT2D eigenvalue weighted by molar-refractivity contribution is 6.08. The normalized spacial score (nSPS) is 25.4. The number of fused-ring (bicyclic) bond motifs is 1. The number of aromatic nitrogens is 1. The van der Waals surface area contributed by atoms with Gasteiger partial charge >= 0.3 is 6.09 Å². The molecule has 36 heavy (non-hydrogen) atoms. The minimum Gasteiger partial charge on any atom is -0.444 e. The van der Waals surface area contributed by atoms with Crippen molar-refractivity contribution in [2.45, 2.75) is 57.2 Å². The number of hydrogen-bond donors (Lipinski definition) is 3. The van der Waals surface area contributed by atoms with Crippen LogP contribution in [0.3, 0.4) is 0 Å². The van der Waals surface area contributed by atoms with Crippen molar-refractivity contribution in [3.63, 3.8) is 0 Å². The van der Waals surface area contributed by atoms with E-state index in [1.165, 1.54) is 0 Å². The number of rotatable bonds is 4. The van der Waals surface area contributed by atoms with Crippen molar-refractivity contribution in [3.8, 4) is 0 Å². The fourth-order valence-electron chi connectivity index (χ4n) is 5.10. The van der Waals surface area contributed by atoms with E-state index in [9.17, 15) is 9.59 Å². The maximum absolute atomic E-state index is 13.2. The Hall–Kier alpha value is -3.53. The number of hydrogen-bond acceptors (Lipinski definition) is 7. The summed E-state index contributed by atoms with van der Waals surface area (Å²) in [6.07, 6.45) is 10.2. The number of allylic oxidation sites excluding steroid dienone is 2. The first-order valence-electron chi connectivity index (χ1n) is 12.5. The molecule has 2 amide bonds. The molecular weight excluding hydrogens is 460 g/mol. The molecule has 10 nitrogen and oxygen atoms in total. The van der Waals surface area contributed by atoms with E-state index in [1.54, 1.807) is 22.1 Å². The molecule has 2 atom stereocenters. The van der Waals surface area contributed by atoms with Gasteiger partial charge in [0.05, 0.1) is 18.8 Å². The van der Waals surface area contributed by atoms with E-state index in [-0.39, 0.29) is 23.8 Å². The zero-order chi connectivity index (χ0) is 25.3. The van der Waals surface area contributed by atoms with Crippen molar-refractivity contribution in [2.24, 2.45) is 0 Å². The summed E-state index contributed by atoms with van der Waals surface area (Å²) in [6.45, 7) is 4.56. The molecule has 1 aromatic heterocycles. The topological polar surface area (TPSA) is 132 Å². The predicted molar refractivity (Wildman–Crippen MR) is 133 cm³/mol. The molecule has 2 unspecified atom stereocenters. The zero-order valence-electron chi connectivity index (χ0n) is 20.5. The number of amides is 2. The number of ether oxygens (including phenoxy) is 2. The first-order valence-corrected chi connectivity index (χ1v) is 12.5. The van der Waals surface area contributed by atoms with Gasteiger partial charge in [0, 0.05) is 45.1 Å². The van der Waals surface area contributed by atoms with Gasteiger partial charge in [0.15, 0.2) is 0 Å². The van der Waals surface area contributed by atoms with Gasteiger partial charge in [0.1, 0.15) is 23.5 Å². The maximum Gasteiger partial charge on any atom is 0.410 e. The monoisotopic (exact) mass is 492 g/mol. The van der Waals surface area contributed by atoms with Crippen LogP contribution in [0, 0.1) is 10.8 Å². The van der Waals surface area contributed by atoms with E-state index in [4.69, 9.17) is 20.3 Å². The summed E-state index contributed by atoms with van der Waals surface area (Å²) in [6, 6.07) is 1.75. The van der Waals surface area contributed by atoms with Gasteiger partial charge in [-0.25, -0.2) is 4.79 Å². The van der Waals surface area contributed by atoms with Crippen LogP contribution in [-0.4, -0.2) is 76.4 Å². The number of amidine groups is 2. The van der Waals surface area contributed by atoms with Crippen molar-refractivity contribution in [1.82, 2.24) is 20.1 Å². The molecule has 1 aliphatic carbocycles. The van der Waals surface area contributed by atoms with Crippen LogP contribution in [-0.2, 0) is 22.4 Å². The lowest BCUT2D eigenvalue weighted by atomic mass is 9.87. The van der Waals surface area contributed by atoms with E-state index in [0.29, 0.717) is 70.2 Å². The van der Waals surface area contributed by atoms with E-state index < -0.39 is 5.54 Å². The van der Waals surface area contributed by atoms with Crippen LogP contribution in [0.5, 0.6) is 0 Å². The van der Waals surface area contributed by atoms with Crippen LogP contribution in [0.15, 0.2) is 36.1 Å². The molecule has 2 fully saturated rings. The molecule has 4 heterocycles. The van der Waals surface area contributed by atoms with E-state index in [0.717, 1.165) is 23.1 Å². The second-order valence-corrected chi connectivity index (χ2v) is 10.0. The molecule has 0 bridgehead atoms. The van der Waals surface area contributed by atoms with Crippen molar-refractivity contribution in [2.75, 3.05) is 26.3 Å². The van der Waals surface area contributed by atoms with E-state index in [2.05, 4.69) is 10.3 Å². The number of nitrogens with zero attached hydrogens (tertiary/aromatic N) is 3. The molecule has 190 valence electrons. The molecule has 2 saturated heterocycles. The summed E-state index contributed by atoms with van der Waals surface area (Å²) in [5.74, 6) is 0.480. The molecule has 0 saturated carbocycles. The lowest BCUT2D eigenvalue weighted by molar-refractivity contribution is 0.0516. The summed E-state index contributed by atoms with van der Waals surface area (Å²) >= 11 is 0. The minimum atomic E-state index is -0.688. The lowest BCUT2D eigenvalue weighted by Crippen LogP contribution is -2.47. The van der Waals surface area contributed by atoms with Gasteiger partial charge in [0.25, 0.3) is 5.91 Å². The smallest absolute Gasteiger partial charge is 0.410 e. The molecule has 4 aliphatic rings. The number of carbonyl (C=O) groups is 2. The van der Waals surface area contributed by atoms with Gasteiger partial charge in [0.2, 0.25) is 0 Å². The van der Waals surface area contributed by atoms with Crippen LogP contribution >= 0.6 is 0 Å². The van der Waals surface area contributed by atoms with Crippen LogP contribution in [0.2, 0.25) is 0 Å². The molecule has 10 heteroatoms. The molecule has 0 spiro atoms. The molecule has 5 rings (SSSR count). The third kappa shape index (κ3) is 5.04. The Morgan fingerprint density at radius 2 is 2.14 bits per heavy atom. The Bertz CT molecular complexity index is 1160.